The van der Waals surface area contributed by atoms with Gasteiger partial charge in [0, 0.05) is 49.4 Å². The molecule has 158 valence electrons. The summed E-state index contributed by atoms with van der Waals surface area (Å²) in [6, 6.07) is 25.9. The Morgan fingerprint density at radius 1 is 0.677 bits per heavy atom. The number of benzene rings is 3. The molecule has 0 radical (unpaired) electrons. The molecule has 3 aromatic carbocycles. The number of rotatable bonds is 7. The zero-order chi connectivity index (χ0) is 21.5. The van der Waals surface area contributed by atoms with Gasteiger partial charge in [-0.3, -0.25) is 14.5 Å². The van der Waals surface area contributed by atoms with Crippen LogP contribution in [0.25, 0.3) is 0 Å². The number of ketones is 1. The number of carbonyl (C=O) groups excluding carboxylic acids is 2. The molecule has 4 rings (SSSR count). The van der Waals surface area contributed by atoms with Crippen molar-refractivity contribution in [3.63, 3.8) is 0 Å². The fraction of sp³-hybridized carbons (Fsp3) is 0.231. The largest absolute Gasteiger partial charge is 0.492 e. The van der Waals surface area contributed by atoms with E-state index in [1.54, 1.807) is 36.4 Å². The number of para-hydroxylation sites is 1. The van der Waals surface area contributed by atoms with E-state index in [2.05, 4.69) is 4.90 Å². The number of piperazine rings is 1. The summed E-state index contributed by atoms with van der Waals surface area (Å²) < 4.78 is 5.77. The first-order valence-corrected chi connectivity index (χ1v) is 10.6. The molecule has 1 fully saturated rings. The molecule has 0 saturated carbocycles. The van der Waals surface area contributed by atoms with Gasteiger partial charge in [-0.1, -0.05) is 60.7 Å². The van der Waals surface area contributed by atoms with E-state index in [4.69, 9.17) is 4.74 Å². The van der Waals surface area contributed by atoms with Gasteiger partial charge in [0.15, 0.2) is 5.78 Å². The SMILES string of the molecule is O=C(c1ccccc1)c1ccc(C(=O)N2CCN(CCOc3ccccc3)CC2)cc1. The van der Waals surface area contributed by atoms with Crippen molar-refractivity contribution in [1.82, 2.24) is 9.80 Å². The molecule has 1 heterocycles. The second kappa shape index (κ2) is 10.0. The zero-order valence-corrected chi connectivity index (χ0v) is 17.4. The summed E-state index contributed by atoms with van der Waals surface area (Å²) in [5, 5.41) is 0. The lowest BCUT2D eigenvalue weighted by Crippen LogP contribution is -2.49. The van der Waals surface area contributed by atoms with Crippen molar-refractivity contribution in [2.75, 3.05) is 39.3 Å². The summed E-state index contributed by atoms with van der Waals surface area (Å²) in [7, 11) is 0. The van der Waals surface area contributed by atoms with Gasteiger partial charge < -0.3 is 9.64 Å². The first-order valence-electron chi connectivity index (χ1n) is 10.6. The van der Waals surface area contributed by atoms with Crippen molar-refractivity contribution >= 4 is 11.7 Å². The summed E-state index contributed by atoms with van der Waals surface area (Å²) in [4.78, 5) is 29.6. The Bertz CT molecular complexity index is 996. The van der Waals surface area contributed by atoms with Gasteiger partial charge in [0.1, 0.15) is 12.4 Å². The van der Waals surface area contributed by atoms with Crippen LogP contribution in [0.3, 0.4) is 0 Å². The maximum atomic E-state index is 12.9. The van der Waals surface area contributed by atoms with Gasteiger partial charge in [0.05, 0.1) is 0 Å². The third-order valence-corrected chi connectivity index (χ3v) is 5.51. The molecule has 31 heavy (non-hydrogen) atoms. The fourth-order valence-corrected chi connectivity index (χ4v) is 3.69. The van der Waals surface area contributed by atoms with Gasteiger partial charge in [-0.15, -0.1) is 0 Å². The van der Waals surface area contributed by atoms with Crippen molar-refractivity contribution in [2.45, 2.75) is 0 Å². The van der Waals surface area contributed by atoms with Crippen LogP contribution in [0.1, 0.15) is 26.3 Å². The minimum Gasteiger partial charge on any atom is -0.492 e. The number of nitrogens with zero attached hydrogens (tertiary/aromatic N) is 2. The summed E-state index contributed by atoms with van der Waals surface area (Å²) in [6.45, 7) is 4.51. The minimum absolute atomic E-state index is 0.0129. The lowest BCUT2D eigenvalue weighted by Gasteiger charge is -2.34. The van der Waals surface area contributed by atoms with Crippen LogP contribution in [-0.2, 0) is 0 Å². The lowest BCUT2D eigenvalue weighted by atomic mass is 10.0. The quantitative estimate of drug-likeness (QED) is 0.553. The van der Waals surface area contributed by atoms with E-state index >= 15 is 0 Å². The summed E-state index contributed by atoms with van der Waals surface area (Å²) >= 11 is 0. The van der Waals surface area contributed by atoms with Crippen LogP contribution in [0.5, 0.6) is 5.75 Å². The maximum absolute atomic E-state index is 12.9. The molecule has 0 aliphatic carbocycles. The number of amides is 1. The van der Waals surface area contributed by atoms with Crippen molar-refractivity contribution in [2.24, 2.45) is 0 Å². The molecule has 1 amide bonds. The molecule has 0 bridgehead atoms. The maximum Gasteiger partial charge on any atom is 0.253 e. The molecule has 1 aliphatic heterocycles. The number of ether oxygens (including phenoxy) is 1. The van der Waals surface area contributed by atoms with E-state index in [1.165, 1.54) is 0 Å². The standard InChI is InChI=1S/C26H26N2O3/c29-25(21-7-3-1-4-8-21)22-11-13-23(14-12-22)26(30)28-17-15-27(16-18-28)19-20-31-24-9-5-2-6-10-24/h1-14H,15-20H2. The third-order valence-electron chi connectivity index (χ3n) is 5.51. The van der Waals surface area contributed by atoms with Crippen LogP contribution in [0.15, 0.2) is 84.9 Å². The molecule has 0 N–H and O–H groups in total. The zero-order valence-electron chi connectivity index (χ0n) is 17.4. The second-order valence-electron chi connectivity index (χ2n) is 7.57. The van der Waals surface area contributed by atoms with E-state index in [9.17, 15) is 9.59 Å². The van der Waals surface area contributed by atoms with Gasteiger partial charge in [-0.2, -0.15) is 0 Å². The highest BCUT2D eigenvalue weighted by Crippen LogP contribution is 2.14. The summed E-state index contributed by atoms with van der Waals surface area (Å²) in [5.41, 5.74) is 1.85. The van der Waals surface area contributed by atoms with E-state index in [0.717, 1.165) is 25.4 Å². The van der Waals surface area contributed by atoms with Gasteiger partial charge in [0.2, 0.25) is 0 Å². The van der Waals surface area contributed by atoms with Gasteiger partial charge >= 0.3 is 0 Å². The van der Waals surface area contributed by atoms with Crippen LogP contribution < -0.4 is 4.74 Å². The fourth-order valence-electron chi connectivity index (χ4n) is 3.69. The molecule has 5 nitrogen and oxygen atoms in total. The topological polar surface area (TPSA) is 49.9 Å². The Kier molecular flexibility index (Phi) is 6.75. The number of carbonyl (C=O) groups is 2. The van der Waals surface area contributed by atoms with Gasteiger partial charge in [-0.05, 0) is 24.3 Å². The Hall–Kier alpha value is -3.44. The van der Waals surface area contributed by atoms with Crippen LogP contribution in [0, 0.1) is 0 Å². The highest BCUT2D eigenvalue weighted by molar-refractivity contribution is 6.09. The highest BCUT2D eigenvalue weighted by Gasteiger charge is 2.22. The van der Waals surface area contributed by atoms with E-state index in [1.807, 2.05) is 53.4 Å². The minimum atomic E-state index is -0.0362. The molecule has 0 spiro atoms. The summed E-state index contributed by atoms with van der Waals surface area (Å²) in [6.07, 6.45) is 0. The Balaban J connectivity index is 1.26. The van der Waals surface area contributed by atoms with Crippen LogP contribution in [0.2, 0.25) is 0 Å². The molecule has 1 aliphatic rings. The molecule has 3 aromatic rings. The molecular formula is C26H26N2O3. The highest BCUT2D eigenvalue weighted by atomic mass is 16.5. The smallest absolute Gasteiger partial charge is 0.253 e. The molecule has 1 saturated heterocycles. The van der Waals surface area contributed by atoms with Crippen molar-refractivity contribution in [1.29, 1.82) is 0 Å². The van der Waals surface area contributed by atoms with E-state index in [-0.39, 0.29) is 11.7 Å². The molecular weight excluding hydrogens is 388 g/mol. The average molecular weight is 415 g/mol. The van der Waals surface area contributed by atoms with Crippen molar-refractivity contribution in [3.8, 4) is 5.75 Å². The second-order valence-corrected chi connectivity index (χ2v) is 7.57. The normalized spacial score (nSPS) is 14.3. The predicted molar refractivity (Wildman–Crippen MR) is 121 cm³/mol. The number of hydrogen-bond donors (Lipinski definition) is 0. The third kappa shape index (κ3) is 5.38. The first-order chi connectivity index (χ1) is 15.2. The van der Waals surface area contributed by atoms with Crippen molar-refractivity contribution < 1.29 is 14.3 Å². The molecule has 0 atom stereocenters. The Labute approximate surface area is 182 Å². The predicted octanol–water partition coefficient (Wildman–Crippen LogP) is 3.75. The lowest BCUT2D eigenvalue weighted by molar-refractivity contribution is 0.0620. The van der Waals surface area contributed by atoms with Crippen LogP contribution in [-0.4, -0.2) is 60.8 Å². The monoisotopic (exact) mass is 414 g/mol. The average Bonchev–Trinajstić information content (AvgIpc) is 2.85. The van der Waals surface area contributed by atoms with Crippen molar-refractivity contribution in [3.05, 3.63) is 102 Å². The molecule has 0 unspecified atom stereocenters. The Morgan fingerprint density at radius 2 is 1.23 bits per heavy atom. The van der Waals surface area contributed by atoms with Crippen LogP contribution in [0.4, 0.5) is 0 Å². The van der Waals surface area contributed by atoms with E-state index < -0.39 is 0 Å². The van der Waals surface area contributed by atoms with E-state index in [0.29, 0.717) is 36.4 Å². The molecule has 0 aromatic heterocycles. The van der Waals surface area contributed by atoms with Gasteiger partial charge in [0.25, 0.3) is 5.91 Å². The number of hydrogen-bond acceptors (Lipinski definition) is 4. The van der Waals surface area contributed by atoms with Crippen LogP contribution >= 0.6 is 0 Å². The van der Waals surface area contributed by atoms with Gasteiger partial charge in [-0.25, -0.2) is 0 Å². The Morgan fingerprint density at radius 3 is 1.87 bits per heavy atom. The summed E-state index contributed by atoms with van der Waals surface area (Å²) in [5.74, 6) is 0.857. The molecule has 5 heteroatoms. The first kappa shape index (κ1) is 20.8.